The molecule has 10 heteroatoms. The lowest BCUT2D eigenvalue weighted by Crippen LogP contribution is -2.49. The number of thiocarbonyl (C=S) groups is 1. The molecule has 1 saturated heterocycles. The van der Waals surface area contributed by atoms with E-state index in [1.807, 2.05) is 36.4 Å². The van der Waals surface area contributed by atoms with Crippen molar-refractivity contribution in [2.24, 2.45) is 10.4 Å². The number of hydrogen-bond donors (Lipinski definition) is 1. The number of nitrogens with one attached hydrogen (secondary N) is 1. The van der Waals surface area contributed by atoms with Crippen LogP contribution in [0.15, 0.2) is 66.2 Å². The highest BCUT2D eigenvalue weighted by molar-refractivity contribution is 7.80. The lowest BCUT2D eigenvalue weighted by atomic mass is 9.85. The molecule has 194 valence electrons. The molecular formula is C27H30Cl2N6OS. The van der Waals surface area contributed by atoms with Gasteiger partial charge in [0.25, 0.3) is 0 Å². The number of aromatic nitrogens is 3. The zero-order valence-electron chi connectivity index (χ0n) is 21.1. The first-order chi connectivity index (χ1) is 17.7. The van der Waals surface area contributed by atoms with Gasteiger partial charge in [-0.15, -0.1) is 0 Å². The van der Waals surface area contributed by atoms with Crippen LogP contribution in [-0.2, 0) is 0 Å². The Hall–Kier alpha value is -2.68. The van der Waals surface area contributed by atoms with E-state index < -0.39 is 6.23 Å². The van der Waals surface area contributed by atoms with Crippen LogP contribution < -0.4 is 15.0 Å². The summed E-state index contributed by atoms with van der Waals surface area (Å²) in [6, 6.07) is 14.8. The second-order valence-corrected chi connectivity index (χ2v) is 11.9. The summed E-state index contributed by atoms with van der Waals surface area (Å²) in [7, 11) is 0. The van der Waals surface area contributed by atoms with Crippen molar-refractivity contribution in [3.8, 4) is 5.75 Å². The maximum Gasteiger partial charge on any atom is 0.215 e. The number of halogens is 2. The average Bonchev–Trinajstić information content (AvgIpc) is 3.59. The Morgan fingerprint density at radius 2 is 1.81 bits per heavy atom. The van der Waals surface area contributed by atoms with Gasteiger partial charge < -0.3 is 15.0 Å². The summed E-state index contributed by atoms with van der Waals surface area (Å²) in [5, 5.41) is 9.85. The molecule has 1 saturated carbocycles. The SMILES string of the molecule is CC(C)(C)[C@@H](N=C1NC(=S)N(c2cccc(Cl)c2)C12CCCC2)[C@@H](Oc1ccc(Cl)cc1)n1cncn1. The first-order valence-electron chi connectivity index (χ1n) is 12.4. The van der Waals surface area contributed by atoms with Gasteiger partial charge in [0.15, 0.2) is 5.11 Å². The van der Waals surface area contributed by atoms with Crippen LogP contribution in [-0.4, -0.2) is 37.3 Å². The minimum absolute atomic E-state index is 0.289. The minimum atomic E-state index is -0.551. The van der Waals surface area contributed by atoms with Crippen LogP contribution >= 0.6 is 35.4 Å². The zero-order chi connectivity index (χ0) is 26.2. The Morgan fingerprint density at radius 3 is 2.43 bits per heavy atom. The number of benzene rings is 2. The fourth-order valence-corrected chi connectivity index (χ4v) is 5.90. The third-order valence-corrected chi connectivity index (χ3v) is 7.76. The Kier molecular flexibility index (Phi) is 7.18. The normalized spacial score (nSPS) is 19.9. The highest BCUT2D eigenvalue weighted by Gasteiger charge is 2.52. The number of hydrogen-bond acceptors (Lipinski definition) is 5. The fourth-order valence-electron chi connectivity index (χ4n) is 5.21. The Labute approximate surface area is 232 Å². The maximum atomic E-state index is 6.52. The van der Waals surface area contributed by atoms with Crippen molar-refractivity contribution < 1.29 is 4.74 Å². The molecule has 0 bridgehead atoms. The van der Waals surface area contributed by atoms with E-state index in [1.165, 1.54) is 6.33 Å². The van der Waals surface area contributed by atoms with Gasteiger partial charge in [-0.2, -0.15) is 5.10 Å². The van der Waals surface area contributed by atoms with E-state index in [0.29, 0.717) is 20.9 Å². The van der Waals surface area contributed by atoms with Crippen molar-refractivity contribution in [1.82, 2.24) is 20.1 Å². The number of amidine groups is 1. The zero-order valence-corrected chi connectivity index (χ0v) is 23.4. The highest BCUT2D eigenvalue weighted by atomic mass is 35.5. The van der Waals surface area contributed by atoms with Gasteiger partial charge in [-0.05, 0) is 72.9 Å². The molecule has 2 atom stereocenters. The standard InChI is InChI=1S/C27H30Cl2N6OS/c1-26(2,3)22(23(34-17-30-16-31-34)36-21-11-9-18(28)10-12-21)32-24-27(13-4-5-14-27)35(25(37)33-24)20-8-6-7-19(29)15-20/h6-12,15-17,22-23H,4-5,13-14H2,1-3H3,(H,32,33,37)/t22-,23+/m0/s1. The molecule has 1 aliphatic carbocycles. The van der Waals surface area contributed by atoms with Crippen molar-refractivity contribution in [1.29, 1.82) is 0 Å². The van der Waals surface area contributed by atoms with Crippen LogP contribution in [0.2, 0.25) is 10.0 Å². The van der Waals surface area contributed by atoms with Crippen molar-refractivity contribution in [2.75, 3.05) is 4.90 Å². The second-order valence-electron chi connectivity index (χ2n) is 10.6. The molecule has 37 heavy (non-hydrogen) atoms. The second kappa shape index (κ2) is 10.2. The van der Waals surface area contributed by atoms with Crippen LogP contribution in [0.5, 0.6) is 5.75 Å². The number of nitrogens with zero attached hydrogens (tertiary/aromatic N) is 5. The lowest BCUT2D eigenvalue weighted by molar-refractivity contribution is 0.0470. The summed E-state index contributed by atoms with van der Waals surface area (Å²) in [4.78, 5) is 11.8. The number of anilines is 1. The van der Waals surface area contributed by atoms with Gasteiger partial charge in [0, 0.05) is 15.7 Å². The number of rotatable bonds is 6. The van der Waals surface area contributed by atoms with Gasteiger partial charge >= 0.3 is 0 Å². The number of ether oxygens (including phenoxy) is 1. The third-order valence-electron chi connectivity index (χ3n) is 6.99. The summed E-state index contributed by atoms with van der Waals surface area (Å²) in [5.74, 6) is 1.53. The first kappa shape index (κ1) is 25.9. The molecule has 1 aromatic heterocycles. The third kappa shape index (κ3) is 5.19. The largest absolute Gasteiger partial charge is 0.466 e. The molecule has 2 aromatic carbocycles. The van der Waals surface area contributed by atoms with Crippen molar-refractivity contribution in [3.05, 3.63) is 71.2 Å². The van der Waals surface area contributed by atoms with Gasteiger partial charge in [-0.3, -0.25) is 4.99 Å². The molecule has 7 nitrogen and oxygen atoms in total. The summed E-state index contributed by atoms with van der Waals surface area (Å²) in [5.41, 5.74) is 0.316. The molecule has 0 amide bonds. The lowest BCUT2D eigenvalue weighted by Gasteiger charge is -2.37. The molecule has 0 unspecified atom stereocenters. The quantitative estimate of drug-likeness (QED) is 0.341. The van der Waals surface area contributed by atoms with Crippen molar-refractivity contribution in [3.63, 3.8) is 0 Å². The summed E-state index contributed by atoms with van der Waals surface area (Å²) in [6.45, 7) is 6.46. The molecule has 5 rings (SSSR count). The van der Waals surface area contributed by atoms with Gasteiger partial charge in [0.05, 0.1) is 0 Å². The minimum Gasteiger partial charge on any atom is -0.466 e. The van der Waals surface area contributed by atoms with E-state index >= 15 is 0 Å². The van der Waals surface area contributed by atoms with E-state index in [1.54, 1.807) is 23.1 Å². The van der Waals surface area contributed by atoms with Gasteiger partial charge in [-0.1, -0.05) is 62.9 Å². The summed E-state index contributed by atoms with van der Waals surface area (Å²) < 4.78 is 8.24. The fraction of sp³-hybridized carbons (Fsp3) is 0.407. The molecule has 3 aromatic rings. The van der Waals surface area contributed by atoms with Crippen LogP contribution in [0.3, 0.4) is 0 Å². The molecule has 2 aliphatic rings. The van der Waals surface area contributed by atoms with Crippen LogP contribution in [0.4, 0.5) is 5.69 Å². The number of aliphatic imine (C=N–C) groups is 1. The van der Waals surface area contributed by atoms with Crippen LogP contribution in [0, 0.1) is 5.41 Å². The molecule has 1 N–H and O–H groups in total. The average molecular weight is 558 g/mol. The Balaban J connectivity index is 1.59. The van der Waals surface area contributed by atoms with E-state index in [2.05, 4.69) is 41.1 Å². The highest BCUT2D eigenvalue weighted by Crippen LogP contribution is 2.44. The molecule has 0 radical (unpaired) electrons. The Morgan fingerprint density at radius 1 is 1.08 bits per heavy atom. The monoisotopic (exact) mass is 556 g/mol. The predicted molar refractivity (Wildman–Crippen MR) is 153 cm³/mol. The van der Waals surface area contributed by atoms with Crippen LogP contribution in [0.1, 0.15) is 52.7 Å². The van der Waals surface area contributed by atoms with Gasteiger partial charge in [0.2, 0.25) is 6.23 Å². The van der Waals surface area contributed by atoms with Crippen molar-refractivity contribution in [2.45, 2.75) is 64.3 Å². The smallest absolute Gasteiger partial charge is 0.215 e. The van der Waals surface area contributed by atoms with E-state index in [0.717, 1.165) is 37.2 Å². The van der Waals surface area contributed by atoms with E-state index in [4.69, 9.17) is 45.1 Å². The molecular weight excluding hydrogens is 527 g/mol. The van der Waals surface area contributed by atoms with Gasteiger partial charge in [-0.25, -0.2) is 9.67 Å². The predicted octanol–water partition coefficient (Wildman–Crippen LogP) is 6.68. The summed E-state index contributed by atoms with van der Waals surface area (Å²) >= 11 is 18.4. The molecule has 1 aliphatic heterocycles. The molecule has 2 fully saturated rings. The summed E-state index contributed by atoms with van der Waals surface area (Å²) in [6.07, 6.45) is 6.68. The Bertz CT molecular complexity index is 1280. The molecule has 1 spiro atoms. The van der Waals surface area contributed by atoms with E-state index in [-0.39, 0.29) is 17.0 Å². The topological polar surface area (TPSA) is 67.6 Å². The van der Waals surface area contributed by atoms with E-state index in [9.17, 15) is 0 Å². The maximum absolute atomic E-state index is 6.52. The molecule has 2 heterocycles. The van der Waals surface area contributed by atoms with Crippen LogP contribution in [0.25, 0.3) is 0 Å². The first-order valence-corrected chi connectivity index (χ1v) is 13.6. The van der Waals surface area contributed by atoms with Gasteiger partial charge in [0.1, 0.15) is 35.8 Å². The van der Waals surface area contributed by atoms with Crippen molar-refractivity contribution >= 4 is 52.1 Å².